The lowest BCUT2D eigenvalue weighted by atomic mass is 9.47. The summed E-state index contributed by atoms with van der Waals surface area (Å²) in [6.07, 6.45) is 26.4. The van der Waals surface area contributed by atoms with E-state index < -0.39 is 22.0 Å². The number of hydrogen-bond acceptors (Lipinski definition) is 11. The molecule has 1 saturated heterocycles. The molecule has 76 heavy (non-hydrogen) atoms. The van der Waals surface area contributed by atoms with Crippen molar-refractivity contribution in [1.29, 1.82) is 0 Å². The van der Waals surface area contributed by atoms with Crippen LogP contribution in [0.2, 0.25) is 0 Å². The van der Waals surface area contributed by atoms with E-state index in [4.69, 9.17) is 23.7 Å². The van der Waals surface area contributed by atoms with Crippen LogP contribution in [0, 0.1) is 105 Å². The third-order valence-corrected chi connectivity index (χ3v) is 22.3. The second-order valence-electron chi connectivity index (χ2n) is 33.2. The van der Waals surface area contributed by atoms with Crippen molar-refractivity contribution in [2.24, 2.45) is 105 Å². The lowest BCUT2D eigenvalue weighted by Crippen LogP contribution is -2.64. The van der Waals surface area contributed by atoms with Crippen LogP contribution in [0.3, 0.4) is 0 Å². The Morgan fingerprint density at radius 3 is 1.13 bits per heavy atom. The normalized spacial score (nSPS) is 45.4. The molecule has 0 aromatic rings. The molecule has 1 aliphatic heterocycles. The maximum absolute atomic E-state index is 12.8. The van der Waals surface area contributed by atoms with Gasteiger partial charge in [-0.1, -0.05) is 0 Å². The van der Waals surface area contributed by atoms with Gasteiger partial charge in [0.15, 0.2) is 0 Å². The summed E-state index contributed by atoms with van der Waals surface area (Å²) in [5.41, 5.74) is -3.47. The highest BCUT2D eigenvalue weighted by atomic mass is 16.6. The summed E-state index contributed by atoms with van der Waals surface area (Å²) in [7, 11) is 0. The number of aliphatic hydroxyl groups is 1. The van der Waals surface area contributed by atoms with Gasteiger partial charge in [0.1, 0.15) is 28.3 Å². The molecule has 1 N–H and O–H groups in total. The van der Waals surface area contributed by atoms with Gasteiger partial charge in [-0.05, 0) is 296 Å². The van der Waals surface area contributed by atoms with Gasteiger partial charge in [-0.25, -0.2) is 0 Å². The van der Waals surface area contributed by atoms with Gasteiger partial charge in [0.05, 0.1) is 33.9 Å². The lowest BCUT2D eigenvalue weighted by Gasteiger charge is -2.61. The number of ether oxygens (including phenoxy) is 5. The van der Waals surface area contributed by atoms with Crippen molar-refractivity contribution in [3.05, 3.63) is 0 Å². The molecular weight excluding hydrogens is 957 g/mol. The third-order valence-electron chi connectivity index (χ3n) is 22.3. The molecule has 0 amide bonds. The number of rotatable bonds is 5. The van der Waals surface area contributed by atoms with Crippen LogP contribution >= 0.6 is 0 Å². The van der Waals surface area contributed by atoms with Crippen molar-refractivity contribution < 1.29 is 52.8 Å². The minimum absolute atomic E-state index is 0.000509. The molecule has 16 saturated carbocycles. The summed E-state index contributed by atoms with van der Waals surface area (Å²) in [4.78, 5) is 61.7. The van der Waals surface area contributed by atoms with E-state index >= 15 is 0 Å². The van der Waals surface area contributed by atoms with Gasteiger partial charge in [-0.3, -0.25) is 24.0 Å². The lowest BCUT2D eigenvalue weighted by molar-refractivity contribution is -0.233. The molecule has 11 nitrogen and oxygen atoms in total. The molecule has 11 heteroatoms. The van der Waals surface area contributed by atoms with Crippen molar-refractivity contribution in [3.63, 3.8) is 0 Å². The summed E-state index contributed by atoms with van der Waals surface area (Å²) < 4.78 is 29.5. The van der Waals surface area contributed by atoms with E-state index in [1.54, 1.807) is 0 Å². The van der Waals surface area contributed by atoms with Gasteiger partial charge < -0.3 is 28.8 Å². The zero-order valence-corrected chi connectivity index (χ0v) is 49.6. The van der Waals surface area contributed by atoms with E-state index in [9.17, 15) is 29.1 Å². The smallest absolute Gasteiger partial charge is 0.313 e. The van der Waals surface area contributed by atoms with Crippen LogP contribution in [-0.2, 0) is 47.7 Å². The molecule has 17 fully saturated rings. The molecule has 0 aromatic carbocycles. The van der Waals surface area contributed by atoms with Gasteiger partial charge in [0, 0.05) is 18.3 Å². The summed E-state index contributed by atoms with van der Waals surface area (Å²) in [6, 6.07) is 0. The first-order chi connectivity index (χ1) is 35.2. The van der Waals surface area contributed by atoms with Crippen LogP contribution in [0.15, 0.2) is 0 Å². The zero-order chi connectivity index (χ0) is 55.0. The predicted octanol–water partition coefficient (Wildman–Crippen LogP) is 13.3. The molecule has 3 atom stereocenters. The topological polar surface area (TPSA) is 152 Å². The first kappa shape index (κ1) is 56.6. The minimum Gasteiger partial charge on any atom is -0.465 e. The van der Waals surface area contributed by atoms with E-state index in [0.29, 0.717) is 55.0 Å². The second-order valence-corrected chi connectivity index (χ2v) is 33.2. The molecule has 17 aliphatic rings. The van der Waals surface area contributed by atoms with E-state index in [2.05, 4.69) is 6.92 Å². The Labute approximate surface area is 457 Å². The number of carbonyl (C=O) groups excluding carboxylic acids is 5. The Balaban J connectivity index is 0.000000116. The van der Waals surface area contributed by atoms with E-state index in [1.807, 2.05) is 83.1 Å². The first-order valence-corrected chi connectivity index (χ1v) is 31.0. The fourth-order valence-corrected chi connectivity index (χ4v) is 19.7. The minimum atomic E-state index is -0.592. The Hall–Kier alpha value is -2.69. The van der Waals surface area contributed by atoms with Crippen molar-refractivity contribution in [2.45, 2.75) is 266 Å². The van der Waals surface area contributed by atoms with Crippen molar-refractivity contribution in [2.75, 3.05) is 6.61 Å². The molecule has 16 aliphatic carbocycles. The Bertz CT molecular complexity index is 2120. The average molecular weight is 1060 g/mol. The van der Waals surface area contributed by atoms with Crippen LogP contribution in [0.25, 0.3) is 0 Å². The average Bonchev–Trinajstić information content (AvgIpc) is 3.71. The maximum atomic E-state index is 12.8. The van der Waals surface area contributed by atoms with Gasteiger partial charge >= 0.3 is 29.8 Å². The Morgan fingerprint density at radius 1 is 0.434 bits per heavy atom. The van der Waals surface area contributed by atoms with Crippen molar-refractivity contribution in [3.8, 4) is 0 Å². The van der Waals surface area contributed by atoms with Crippen molar-refractivity contribution >= 4 is 29.8 Å². The fourth-order valence-electron chi connectivity index (χ4n) is 19.7. The molecule has 16 bridgehead atoms. The third kappa shape index (κ3) is 11.1. The number of esters is 5. The monoisotopic (exact) mass is 1060 g/mol. The number of carbonyl (C=O) groups is 5. The molecule has 17 rings (SSSR count). The standard InChI is InChI=1S/C19H28O4.C16H26O2.C15H24O3.C15H24O2/c1-18(2,3)17(21)23-19(15-4-5-22-16(15)20)13-7-11-6-12(9-13)10-14(19)8-11;1-15(2,3)14(17)18-16(4)12-6-10-5-11(8-12)9-13(16)7-10;1-13(2,3)12(16)18-15-7-10-4-11(8-15)6-14(17,5-10)9-15;1-14(2,3)13(16)17-15-7-10-4-11(8-15)6-12(5-10)9-15/h11-15H,4-10H2,1-3H3;10-13H,5-9H2,1-4H3;10-11,17H,4-9H2,1-3H3;10-12H,4-9H2,1-3H3. The van der Waals surface area contributed by atoms with Crippen LogP contribution in [0.4, 0.5) is 0 Å². The summed E-state index contributed by atoms with van der Waals surface area (Å²) in [6.45, 7) is 25.8. The molecule has 3 unspecified atom stereocenters. The quantitative estimate of drug-likeness (QED) is 0.207. The van der Waals surface area contributed by atoms with Gasteiger partial charge in [-0.15, -0.1) is 0 Å². The summed E-state index contributed by atoms with van der Waals surface area (Å²) in [5.74, 6) is 8.31. The van der Waals surface area contributed by atoms with Crippen LogP contribution in [-0.4, -0.2) is 69.6 Å². The SMILES string of the molecule is CC(C)(C)C(=O)OC1(C)C2CC3CC(C2)CC1C3.CC(C)(C)C(=O)OC1(C2CCOC2=O)C2CC3CC(C2)CC1C3.CC(C)(C)C(=O)OC12CC3CC(CC(C3)C1)C2.CC(C)(C)C(=O)OC12CC3CC(CC(O)(C3)C1)C2. The molecule has 0 aromatic heterocycles. The largest absolute Gasteiger partial charge is 0.465 e. The first-order valence-electron chi connectivity index (χ1n) is 31.0. The number of hydrogen-bond donors (Lipinski definition) is 1. The van der Waals surface area contributed by atoms with Crippen LogP contribution < -0.4 is 0 Å². The highest BCUT2D eigenvalue weighted by molar-refractivity contribution is 5.80. The Morgan fingerprint density at radius 2 is 0.763 bits per heavy atom. The van der Waals surface area contributed by atoms with E-state index in [1.165, 1.54) is 64.2 Å². The second kappa shape index (κ2) is 19.5. The predicted molar refractivity (Wildman–Crippen MR) is 290 cm³/mol. The van der Waals surface area contributed by atoms with Crippen LogP contribution in [0.5, 0.6) is 0 Å². The summed E-state index contributed by atoms with van der Waals surface area (Å²) >= 11 is 0. The molecule has 0 radical (unpaired) electrons. The molecule has 428 valence electrons. The summed E-state index contributed by atoms with van der Waals surface area (Å²) in [5, 5.41) is 10.6. The van der Waals surface area contributed by atoms with E-state index in [0.717, 1.165) is 112 Å². The Kier molecular flexibility index (Phi) is 14.5. The fraction of sp³-hybridized carbons (Fsp3) is 0.923. The van der Waals surface area contributed by atoms with Gasteiger partial charge in [0.25, 0.3) is 0 Å². The molecular formula is C65H102O11. The van der Waals surface area contributed by atoms with E-state index in [-0.39, 0.29) is 63.4 Å². The maximum Gasteiger partial charge on any atom is 0.313 e. The molecule has 0 spiro atoms. The zero-order valence-electron chi connectivity index (χ0n) is 49.6. The highest BCUT2D eigenvalue weighted by Crippen LogP contribution is 2.65. The number of cyclic esters (lactones) is 1. The molecule has 1 heterocycles. The van der Waals surface area contributed by atoms with Gasteiger partial charge in [-0.2, -0.15) is 0 Å². The van der Waals surface area contributed by atoms with Gasteiger partial charge in [0.2, 0.25) is 0 Å². The van der Waals surface area contributed by atoms with Crippen molar-refractivity contribution in [1.82, 2.24) is 0 Å². The highest BCUT2D eigenvalue weighted by Gasteiger charge is 2.66. The van der Waals surface area contributed by atoms with Crippen LogP contribution in [0.1, 0.15) is 238 Å².